The van der Waals surface area contributed by atoms with E-state index in [4.69, 9.17) is 22.3 Å². The minimum atomic E-state index is -0.808. The fourth-order valence-electron chi connectivity index (χ4n) is 2.09. The first-order valence-electron chi connectivity index (χ1n) is 6.34. The van der Waals surface area contributed by atoms with Crippen molar-refractivity contribution in [1.29, 1.82) is 0 Å². The third-order valence-electron chi connectivity index (χ3n) is 3.18. The third-order valence-corrected chi connectivity index (χ3v) is 3.18. The van der Waals surface area contributed by atoms with Crippen molar-refractivity contribution >= 4 is 17.1 Å². The first-order valence-corrected chi connectivity index (χ1v) is 6.34. The summed E-state index contributed by atoms with van der Waals surface area (Å²) in [5.41, 5.74) is 21.8. The van der Waals surface area contributed by atoms with E-state index in [9.17, 15) is 5.11 Å². The normalized spacial score (nSPS) is 12.3. The lowest BCUT2D eigenvalue weighted by molar-refractivity contribution is 0.0955. The molecule has 0 radical (unpaired) electrons. The number of aliphatic hydroxyl groups excluding tert-OH is 2. The predicted octanol–water partition coefficient (Wildman–Crippen LogP) is 0.996. The van der Waals surface area contributed by atoms with Gasteiger partial charge in [0.2, 0.25) is 0 Å². The van der Waals surface area contributed by atoms with Gasteiger partial charge in [0.05, 0.1) is 24.1 Å². The Morgan fingerprint density at radius 1 is 1.00 bits per heavy atom. The van der Waals surface area contributed by atoms with Crippen molar-refractivity contribution in [3.63, 3.8) is 0 Å². The molecule has 5 nitrogen and oxygen atoms in total. The number of aliphatic hydroxyl groups is 2. The maximum Gasteiger partial charge on any atom is 0.0811 e. The Morgan fingerprint density at radius 3 is 2.25 bits per heavy atom. The molecular weight excluding hydrogens is 254 g/mol. The molecule has 0 aliphatic heterocycles. The van der Waals surface area contributed by atoms with Crippen LogP contribution < -0.4 is 17.2 Å². The smallest absolute Gasteiger partial charge is 0.0811 e. The summed E-state index contributed by atoms with van der Waals surface area (Å²) in [4.78, 5) is 0. The Bertz CT molecular complexity index is 597. The molecule has 106 valence electrons. The van der Waals surface area contributed by atoms with Crippen LogP contribution in [0.15, 0.2) is 36.4 Å². The van der Waals surface area contributed by atoms with Gasteiger partial charge in [0.1, 0.15) is 0 Å². The fourth-order valence-corrected chi connectivity index (χ4v) is 2.09. The van der Waals surface area contributed by atoms with E-state index < -0.39 is 6.10 Å². The maximum absolute atomic E-state index is 9.53. The fraction of sp³-hybridized carbons (Fsp3) is 0.200. The monoisotopic (exact) mass is 273 g/mol. The molecule has 0 heterocycles. The molecule has 5 heteroatoms. The molecule has 0 aromatic heterocycles. The molecule has 2 aromatic rings. The second-order valence-corrected chi connectivity index (χ2v) is 4.81. The van der Waals surface area contributed by atoms with E-state index in [-0.39, 0.29) is 6.61 Å². The molecule has 0 saturated carbocycles. The second-order valence-electron chi connectivity index (χ2n) is 4.81. The Kier molecular flexibility index (Phi) is 4.12. The zero-order chi connectivity index (χ0) is 14.7. The minimum absolute atomic E-state index is 0.290. The van der Waals surface area contributed by atoms with Gasteiger partial charge < -0.3 is 27.4 Å². The van der Waals surface area contributed by atoms with Crippen LogP contribution in [0.2, 0.25) is 0 Å². The van der Waals surface area contributed by atoms with Gasteiger partial charge in [0, 0.05) is 17.7 Å². The minimum Gasteiger partial charge on any atom is -0.399 e. The molecule has 8 N–H and O–H groups in total. The van der Waals surface area contributed by atoms with Crippen LogP contribution in [0.3, 0.4) is 0 Å². The van der Waals surface area contributed by atoms with E-state index >= 15 is 0 Å². The summed E-state index contributed by atoms with van der Waals surface area (Å²) in [6.45, 7) is -0.290. The predicted molar refractivity (Wildman–Crippen MR) is 81.9 cm³/mol. The van der Waals surface area contributed by atoms with Crippen LogP contribution in [0, 0.1) is 0 Å². The first kappa shape index (κ1) is 14.2. The lowest BCUT2D eigenvalue weighted by Crippen LogP contribution is -2.15. The molecule has 0 aliphatic rings. The summed E-state index contributed by atoms with van der Waals surface area (Å²) in [6.07, 6.45) is -0.486. The van der Waals surface area contributed by atoms with Gasteiger partial charge >= 0.3 is 0 Å². The highest BCUT2D eigenvalue weighted by atomic mass is 16.3. The van der Waals surface area contributed by atoms with Crippen LogP contribution in [0.4, 0.5) is 17.1 Å². The quantitative estimate of drug-likeness (QED) is 0.532. The van der Waals surface area contributed by atoms with Crippen molar-refractivity contribution in [3.05, 3.63) is 42.0 Å². The van der Waals surface area contributed by atoms with Gasteiger partial charge in [-0.3, -0.25) is 0 Å². The summed E-state index contributed by atoms with van der Waals surface area (Å²) in [5, 5.41) is 18.4. The molecule has 2 rings (SSSR count). The summed E-state index contributed by atoms with van der Waals surface area (Å²) in [7, 11) is 0. The summed E-state index contributed by atoms with van der Waals surface area (Å²) in [6, 6.07) is 10.9. The molecule has 0 fully saturated rings. The van der Waals surface area contributed by atoms with Crippen molar-refractivity contribution in [2.75, 3.05) is 23.8 Å². The molecular formula is C15H19N3O2. The second kappa shape index (κ2) is 5.81. The van der Waals surface area contributed by atoms with Crippen LogP contribution >= 0.6 is 0 Å². The van der Waals surface area contributed by atoms with Crippen LogP contribution in [-0.4, -0.2) is 22.9 Å². The summed E-state index contributed by atoms with van der Waals surface area (Å²) < 4.78 is 0. The number of benzene rings is 2. The Morgan fingerprint density at radius 2 is 1.65 bits per heavy atom. The zero-order valence-electron chi connectivity index (χ0n) is 11.1. The lowest BCUT2D eigenvalue weighted by Gasteiger charge is -2.14. The van der Waals surface area contributed by atoms with Gasteiger partial charge in [-0.15, -0.1) is 0 Å². The van der Waals surface area contributed by atoms with E-state index in [0.717, 1.165) is 16.7 Å². The molecule has 0 saturated heterocycles. The average Bonchev–Trinajstić information content (AvgIpc) is 2.43. The number of rotatable bonds is 4. The number of hydrogen-bond acceptors (Lipinski definition) is 5. The van der Waals surface area contributed by atoms with Crippen LogP contribution in [0.25, 0.3) is 11.1 Å². The van der Waals surface area contributed by atoms with Gasteiger partial charge in [-0.05, 0) is 35.4 Å². The van der Waals surface area contributed by atoms with E-state index in [1.165, 1.54) is 0 Å². The molecule has 1 atom stereocenters. The van der Waals surface area contributed by atoms with Crippen molar-refractivity contribution in [2.24, 2.45) is 0 Å². The Labute approximate surface area is 117 Å². The first-order chi connectivity index (χ1) is 9.51. The Balaban J connectivity index is 2.43. The zero-order valence-corrected chi connectivity index (χ0v) is 11.1. The largest absolute Gasteiger partial charge is 0.399 e. The molecule has 20 heavy (non-hydrogen) atoms. The molecule has 0 spiro atoms. The molecule has 0 bridgehead atoms. The molecule has 0 aliphatic carbocycles. The highest BCUT2D eigenvalue weighted by Gasteiger charge is 2.11. The topological polar surface area (TPSA) is 119 Å². The van der Waals surface area contributed by atoms with Gasteiger partial charge in [0.15, 0.2) is 0 Å². The van der Waals surface area contributed by atoms with Gasteiger partial charge in [-0.25, -0.2) is 0 Å². The van der Waals surface area contributed by atoms with Gasteiger partial charge in [-0.2, -0.15) is 0 Å². The van der Waals surface area contributed by atoms with Crippen LogP contribution in [0.1, 0.15) is 5.56 Å². The number of nitrogens with two attached hydrogens (primary N) is 3. The van der Waals surface area contributed by atoms with Crippen molar-refractivity contribution in [3.8, 4) is 11.1 Å². The maximum atomic E-state index is 9.53. The van der Waals surface area contributed by atoms with Crippen molar-refractivity contribution < 1.29 is 10.2 Å². The highest BCUT2D eigenvalue weighted by molar-refractivity contribution is 5.85. The van der Waals surface area contributed by atoms with Gasteiger partial charge in [-0.1, -0.05) is 12.1 Å². The molecule has 0 amide bonds. The van der Waals surface area contributed by atoms with E-state index in [1.54, 1.807) is 18.2 Å². The Hall–Kier alpha value is -2.24. The summed E-state index contributed by atoms with van der Waals surface area (Å²) in [5.74, 6) is 0. The van der Waals surface area contributed by atoms with E-state index in [1.807, 2.05) is 18.2 Å². The van der Waals surface area contributed by atoms with Crippen LogP contribution in [-0.2, 0) is 6.42 Å². The number of hydrogen-bond donors (Lipinski definition) is 5. The summed E-state index contributed by atoms with van der Waals surface area (Å²) >= 11 is 0. The highest BCUT2D eigenvalue weighted by Crippen LogP contribution is 2.32. The molecule has 2 aromatic carbocycles. The lowest BCUT2D eigenvalue weighted by atomic mass is 9.97. The standard InChI is InChI=1S/C15H19N3O2/c16-11-3-1-10(2-4-11)13-6-9(5-12(20)8-19)7-14(17)15(13)18/h1-4,6-7,12,19-20H,5,8,16-18H2. The van der Waals surface area contributed by atoms with Gasteiger partial charge in [0.25, 0.3) is 0 Å². The average molecular weight is 273 g/mol. The van der Waals surface area contributed by atoms with E-state index in [2.05, 4.69) is 0 Å². The third kappa shape index (κ3) is 3.01. The van der Waals surface area contributed by atoms with Crippen molar-refractivity contribution in [2.45, 2.75) is 12.5 Å². The molecule has 1 unspecified atom stereocenters. The number of nitrogen functional groups attached to an aromatic ring is 3. The SMILES string of the molecule is Nc1ccc(-c2cc(CC(O)CO)cc(N)c2N)cc1. The van der Waals surface area contributed by atoms with Crippen LogP contribution in [0.5, 0.6) is 0 Å². The van der Waals surface area contributed by atoms with E-state index in [0.29, 0.717) is 23.5 Å². The van der Waals surface area contributed by atoms with Crippen molar-refractivity contribution in [1.82, 2.24) is 0 Å². The number of anilines is 3.